The van der Waals surface area contributed by atoms with E-state index in [0.717, 1.165) is 12.1 Å². The molecule has 0 radical (unpaired) electrons. The van der Waals surface area contributed by atoms with Crippen LogP contribution in [0.5, 0.6) is 0 Å². The number of alkyl halides is 3. The fourth-order valence-electron chi connectivity index (χ4n) is 3.28. The number of hydrogen-bond donors (Lipinski definition) is 0. The van der Waals surface area contributed by atoms with Gasteiger partial charge in [0, 0.05) is 30.6 Å². The summed E-state index contributed by atoms with van der Waals surface area (Å²) in [4.78, 5) is 18.0. The van der Waals surface area contributed by atoms with Crippen molar-refractivity contribution in [1.29, 1.82) is 0 Å². The third-order valence-corrected chi connectivity index (χ3v) is 4.77. The molecular formula is C20H15F4N3O2. The first-order chi connectivity index (χ1) is 13.8. The van der Waals surface area contributed by atoms with Crippen LogP contribution in [0.4, 0.5) is 17.6 Å². The van der Waals surface area contributed by atoms with Crippen LogP contribution in [0.2, 0.25) is 0 Å². The number of halogens is 4. The number of likely N-dealkylation sites (tertiary alicyclic amines) is 1. The quantitative estimate of drug-likeness (QED) is 0.604. The number of amides is 1. The Morgan fingerprint density at radius 2 is 1.93 bits per heavy atom. The Hall–Kier alpha value is -3.23. The third-order valence-electron chi connectivity index (χ3n) is 4.77. The second-order valence-electron chi connectivity index (χ2n) is 6.80. The molecule has 1 saturated heterocycles. The summed E-state index contributed by atoms with van der Waals surface area (Å²) in [7, 11) is 0. The van der Waals surface area contributed by atoms with Crippen molar-refractivity contribution in [2.75, 3.05) is 6.54 Å². The summed E-state index contributed by atoms with van der Waals surface area (Å²) in [6.07, 6.45) is -4.37. The minimum absolute atomic E-state index is 0.0195. The molecule has 9 heteroatoms. The summed E-state index contributed by atoms with van der Waals surface area (Å²) in [5.41, 5.74) is -0.243. The lowest BCUT2D eigenvalue weighted by Gasteiger charge is -2.16. The predicted octanol–water partition coefficient (Wildman–Crippen LogP) is 4.41. The largest absolute Gasteiger partial charge is 0.416 e. The lowest BCUT2D eigenvalue weighted by molar-refractivity contribution is -0.137. The molecule has 0 aliphatic carbocycles. The molecule has 1 aromatic heterocycles. The predicted molar refractivity (Wildman–Crippen MR) is 93.9 cm³/mol. The van der Waals surface area contributed by atoms with E-state index in [-0.39, 0.29) is 42.7 Å². The van der Waals surface area contributed by atoms with Gasteiger partial charge in [0.25, 0.3) is 0 Å². The molecule has 0 N–H and O–H groups in total. The molecule has 1 aliphatic rings. The van der Waals surface area contributed by atoms with Gasteiger partial charge in [-0.2, -0.15) is 18.2 Å². The highest BCUT2D eigenvalue weighted by Crippen LogP contribution is 2.33. The zero-order valence-electron chi connectivity index (χ0n) is 15.0. The smallest absolute Gasteiger partial charge is 0.339 e. The highest BCUT2D eigenvalue weighted by atomic mass is 19.4. The maximum atomic E-state index is 13.8. The van der Waals surface area contributed by atoms with Gasteiger partial charge in [-0.25, -0.2) is 4.39 Å². The maximum Gasteiger partial charge on any atom is 0.416 e. The number of hydrogen-bond acceptors (Lipinski definition) is 4. The lowest BCUT2D eigenvalue weighted by Crippen LogP contribution is -2.24. The van der Waals surface area contributed by atoms with Crippen LogP contribution in [0.3, 0.4) is 0 Å². The first-order valence-electron chi connectivity index (χ1n) is 8.83. The van der Waals surface area contributed by atoms with Crippen LogP contribution in [0.15, 0.2) is 53.1 Å². The van der Waals surface area contributed by atoms with E-state index in [1.54, 1.807) is 18.2 Å². The average molecular weight is 405 g/mol. The normalized spacial score (nSPS) is 17.2. The Balaban J connectivity index is 1.50. The van der Waals surface area contributed by atoms with Gasteiger partial charge in [0.2, 0.25) is 17.6 Å². The molecule has 29 heavy (non-hydrogen) atoms. The lowest BCUT2D eigenvalue weighted by atomic mass is 10.1. The van der Waals surface area contributed by atoms with Crippen LogP contribution in [0.1, 0.15) is 29.4 Å². The van der Waals surface area contributed by atoms with Gasteiger partial charge in [-0.1, -0.05) is 35.5 Å². The van der Waals surface area contributed by atoms with Crippen molar-refractivity contribution in [3.8, 4) is 11.4 Å². The van der Waals surface area contributed by atoms with Crippen molar-refractivity contribution in [2.45, 2.75) is 25.1 Å². The van der Waals surface area contributed by atoms with Crippen molar-refractivity contribution in [1.82, 2.24) is 15.0 Å². The number of carbonyl (C=O) groups is 1. The highest BCUT2D eigenvalue weighted by Gasteiger charge is 2.35. The fraction of sp³-hybridized carbons (Fsp3) is 0.250. The van der Waals surface area contributed by atoms with Gasteiger partial charge < -0.3 is 9.42 Å². The standard InChI is InChI=1S/C20H15F4N3O2/c21-16-7-2-1-4-13(16)10-27-11-14(9-17(27)28)19-25-18(26-29-19)12-5-3-6-15(8-12)20(22,23)24/h1-8,14H,9-11H2. The molecule has 1 aliphatic heterocycles. The summed E-state index contributed by atoms with van der Waals surface area (Å²) in [5.74, 6) is -0.792. The van der Waals surface area contributed by atoms with Crippen molar-refractivity contribution in [3.05, 3.63) is 71.4 Å². The van der Waals surface area contributed by atoms with E-state index in [4.69, 9.17) is 4.52 Å². The minimum atomic E-state index is -4.48. The molecule has 1 amide bonds. The first kappa shape index (κ1) is 19.1. The summed E-state index contributed by atoms with van der Waals surface area (Å²) in [5, 5.41) is 3.76. The SMILES string of the molecule is O=C1CC(c2nc(-c3cccc(C(F)(F)F)c3)no2)CN1Cc1ccccc1F. The summed E-state index contributed by atoms with van der Waals surface area (Å²) < 4.78 is 57.7. The van der Waals surface area contributed by atoms with Crippen molar-refractivity contribution in [2.24, 2.45) is 0 Å². The Morgan fingerprint density at radius 3 is 2.69 bits per heavy atom. The van der Waals surface area contributed by atoms with Crippen LogP contribution in [-0.4, -0.2) is 27.5 Å². The molecule has 3 aromatic rings. The van der Waals surface area contributed by atoms with Gasteiger partial charge in [0.1, 0.15) is 5.82 Å². The molecule has 0 spiro atoms. The van der Waals surface area contributed by atoms with Crippen LogP contribution < -0.4 is 0 Å². The average Bonchev–Trinajstić information content (AvgIpc) is 3.30. The molecule has 2 heterocycles. The molecule has 5 nitrogen and oxygen atoms in total. The van der Waals surface area contributed by atoms with E-state index >= 15 is 0 Å². The highest BCUT2D eigenvalue weighted by molar-refractivity contribution is 5.79. The van der Waals surface area contributed by atoms with Gasteiger partial charge in [0.15, 0.2) is 0 Å². The number of carbonyl (C=O) groups excluding carboxylic acids is 1. The molecule has 1 fully saturated rings. The minimum Gasteiger partial charge on any atom is -0.339 e. The van der Waals surface area contributed by atoms with E-state index in [2.05, 4.69) is 10.1 Å². The van der Waals surface area contributed by atoms with Gasteiger partial charge in [-0.3, -0.25) is 4.79 Å². The van der Waals surface area contributed by atoms with Crippen LogP contribution in [-0.2, 0) is 17.5 Å². The summed E-state index contributed by atoms with van der Waals surface area (Å²) in [6.45, 7) is 0.383. The molecule has 0 bridgehead atoms. The van der Waals surface area contributed by atoms with Crippen molar-refractivity contribution in [3.63, 3.8) is 0 Å². The Morgan fingerprint density at radius 1 is 1.14 bits per heavy atom. The van der Waals surface area contributed by atoms with Crippen LogP contribution in [0, 0.1) is 5.82 Å². The molecular weight excluding hydrogens is 390 g/mol. The van der Waals surface area contributed by atoms with Gasteiger partial charge >= 0.3 is 6.18 Å². The zero-order chi connectivity index (χ0) is 20.6. The van der Waals surface area contributed by atoms with Crippen molar-refractivity contribution >= 4 is 5.91 Å². The Bertz CT molecular complexity index is 1050. The molecule has 4 rings (SSSR count). The maximum absolute atomic E-state index is 13.8. The first-order valence-corrected chi connectivity index (χ1v) is 8.83. The number of aromatic nitrogens is 2. The van der Waals surface area contributed by atoms with Gasteiger partial charge in [-0.05, 0) is 18.2 Å². The van der Waals surface area contributed by atoms with Gasteiger partial charge in [-0.15, -0.1) is 0 Å². The fourth-order valence-corrected chi connectivity index (χ4v) is 3.28. The van der Waals surface area contributed by atoms with E-state index in [9.17, 15) is 22.4 Å². The van der Waals surface area contributed by atoms with E-state index in [1.165, 1.54) is 23.1 Å². The number of benzene rings is 2. The van der Waals surface area contributed by atoms with Gasteiger partial charge in [0.05, 0.1) is 11.5 Å². The van der Waals surface area contributed by atoms with E-state index in [1.807, 2.05) is 0 Å². The number of nitrogens with zero attached hydrogens (tertiary/aromatic N) is 3. The van der Waals surface area contributed by atoms with Crippen molar-refractivity contribution < 1.29 is 26.9 Å². The second-order valence-corrected chi connectivity index (χ2v) is 6.80. The summed E-state index contributed by atoms with van der Waals surface area (Å²) >= 11 is 0. The van der Waals surface area contributed by atoms with Crippen LogP contribution in [0.25, 0.3) is 11.4 Å². The zero-order valence-corrected chi connectivity index (χ0v) is 15.0. The Labute approximate surface area is 162 Å². The second kappa shape index (κ2) is 7.31. The molecule has 0 saturated carbocycles. The topological polar surface area (TPSA) is 59.2 Å². The van der Waals surface area contributed by atoms with E-state index in [0.29, 0.717) is 5.56 Å². The molecule has 1 atom stereocenters. The number of rotatable bonds is 4. The van der Waals surface area contributed by atoms with E-state index < -0.39 is 23.5 Å². The molecule has 2 aromatic carbocycles. The third kappa shape index (κ3) is 3.98. The molecule has 150 valence electrons. The Kier molecular flexibility index (Phi) is 4.81. The summed E-state index contributed by atoms with van der Waals surface area (Å²) in [6, 6.07) is 10.8. The van der Waals surface area contributed by atoms with Crippen LogP contribution >= 0.6 is 0 Å². The molecule has 1 unspecified atom stereocenters. The monoisotopic (exact) mass is 405 g/mol.